The summed E-state index contributed by atoms with van der Waals surface area (Å²) in [6.07, 6.45) is 0.473. The number of rotatable bonds is 3. The Balaban J connectivity index is 2.26. The van der Waals surface area contributed by atoms with Crippen LogP contribution in [0.5, 0.6) is 0 Å². The van der Waals surface area contributed by atoms with Crippen LogP contribution in [0, 0.1) is 0 Å². The summed E-state index contributed by atoms with van der Waals surface area (Å²) in [6, 6.07) is 9.56. The Morgan fingerprint density at radius 2 is 2.07 bits per heavy atom. The van der Waals surface area contributed by atoms with Gasteiger partial charge in [-0.05, 0) is 12.1 Å². The predicted molar refractivity (Wildman–Crippen MR) is 58.9 cm³/mol. The van der Waals surface area contributed by atoms with Gasteiger partial charge in [-0.25, -0.2) is 4.21 Å². The largest absolute Gasteiger partial charge is 0.306 e. The lowest BCUT2D eigenvalue weighted by Crippen LogP contribution is -2.02. The summed E-state index contributed by atoms with van der Waals surface area (Å²) in [5, 5.41) is 9.02. The number of benzene rings is 1. The fourth-order valence-electron chi connectivity index (χ4n) is 1.34. The highest BCUT2D eigenvalue weighted by Gasteiger charge is 2.01. The number of nitrogens with zero attached hydrogens (tertiary/aromatic N) is 2. The molecule has 0 radical (unpaired) electrons. The van der Waals surface area contributed by atoms with Crippen LogP contribution in [0.15, 0.2) is 30.3 Å². The third kappa shape index (κ3) is 2.57. The van der Waals surface area contributed by atoms with Gasteiger partial charge in [-0.15, -0.1) is 0 Å². The van der Waals surface area contributed by atoms with Gasteiger partial charge in [-0.3, -0.25) is 0 Å². The van der Waals surface area contributed by atoms with E-state index in [0.29, 0.717) is 6.42 Å². The van der Waals surface area contributed by atoms with Crippen molar-refractivity contribution in [3.05, 3.63) is 36.0 Å². The number of aromatic nitrogens is 2. The summed E-state index contributed by atoms with van der Waals surface area (Å²) in [5.41, 5.74) is 1.59. The lowest BCUT2D eigenvalue weighted by atomic mass is 10.2. The highest BCUT2D eigenvalue weighted by atomic mass is 32.2. The van der Waals surface area contributed by atoms with Crippen LogP contribution in [0.3, 0.4) is 0 Å². The van der Waals surface area contributed by atoms with Crippen molar-refractivity contribution in [3.63, 3.8) is 0 Å². The average molecular weight is 222 g/mol. The number of hydrogen-bond acceptors (Lipinski definition) is 3. The van der Waals surface area contributed by atoms with Gasteiger partial charge in [0, 0.05) is 11.8 Å². The quantitative estimate of drug-likeness (QED) is 0.797. The molecule has 0 fully saturated rings. The molecule has 0 saturated carbocycles. The van der Waals surface area contributed by atoms with Gasteiger partial charge in [0.05, 0.1) is 17.0 Å². The fourth-order valence-corrected chi connectivity index (χ4v) is 1.72. The fraction of sp³-hybridized carbons (Fsp3) is 0.200. The van der Waals surface area contributed by atoms with E-state index < -0.39 is 11.1 Å². The highest BCUT2D eigenvalue weighted by Crippen LogP contribution is 2.10. The minimum absolute atomic E-state index is 0.201. The summed E-state index contributed by atoms with van der Waals surface area (Å²) in [6.45, 7) is 0. The van der Waals surface area contributed by atoms with Crippen molar-refractivity contribution in [2.24, 2.45) is 0 Å². The third-order valence-electron chi connectivity index (χ3n) is 2.08. The molecule has 0 amide bonds. The minimum Gasteiger partial charge on any atom is -0.306 e. The molecule has 4 nitrogen and oxygen atoms in total. The van der Waals surface area contributed by atoms with E-state index in [-0.39, 0.29) is 5.75 Å². The van der Waals surface area contributed by atoms with E-state index in [1.807, 2.05) is 30.3 Å². The Morgan fingerprint density at radius 3 is 2.87 bits per heavy atom. The van der Waals surface area contributed by atoms with Crippen LogP contribution >= 0.6 is 0 Å². The van der Waals surface area contributed by atoms with E-state index in [1.165, 1.54) is 0 Å². The molecule has 5 heteroatoms. The monoisotopic (exact) mass is 222 g/mol. The standard InChI is InChI=1S/C10H10N2O2S/c13-15(14)6-5-9-7-8-3-1-2-4-10(8)12-11-9/h1-4,7H,5-6H2,(H,13,14). The average Bonchev–Trinajstić information content (AvgIpc) is 2.26. The number of fused-ring (bicyclic) bond motifs is 1. The summed E-state index contributed by atoms with van der Waals surface area (Å²) >= 11 is -1.77. The maximum atomic E-state index is 10.5. The van der Waals surface area contributed by atoms with Gasteiger partial charge in [0.2, 0.25) is 0 Å². The van der Waals surface area contributed by atoms with E-state index in [0.717, 1.165) is 16.6 Å². The normalized spacial score (nSPS) is 12.9. The van der Waals surface area contributed by atoms with E-state index in [1.54, 1.807) is 0 Å². The molecule has 78 valence electrons. The highest BCUT2D eigenvalue weighted by molar-refractivity contribution is 7.79. The lowest BCUT2D eigenvalue weighted by molar-refractivity contribution is 0.563. The van der Waals surface area contributed by atoms with Gasteiger partial charge in [0.15, 0.2) is 11.1 Å². The summed E-state index contributed by atoms with van der Waals surface area (Å²) < 4.78 is 19.2. The molecule has 0 aliphatic rings. The lowest BCUT2D eigenvalue weighted by Gasteiger charge is -1.99. The Labute approximate surface area is 89.6 Å². The van der Waals surface area contributed by atoms with Gasteiger partial charge in [0.1, 0.15) is 0 Å². The van der Waals surface area contributed by atoms with Gasteiger partial charge in [-0.1, -0.05) is 18.2 Å². The van der Waals surface area contributed by atoms with Crippen LogP contribution in [-0.2, 0) is 17.5 Å². The van der Waals surface area contributed by atoms with Crippen LogP contribution in [0.25, 0.3) is 10.9 Å². The van der Waals surface area contributed by atoms with Gasteiger partial charge in [-0.2, -0.15) is 10.2 Å². The molecule has 1 N–H and O–H groups in total. The van der Waals surface area contributed by atoms with Crippen LogP contribution in [0.2, 0.25) is 0 Å². The molecular weight excluding hydrogens is 212 g/mol. The minimum atomic E-state index is -1.77. The first-order valence-electron chi connectivity index (χ1n) is 4.54. The zero-order valence-electron chi connectivity index (χ0n) is 7.96. The van der Waals surface area contributed by atoms with Crippen molar-refractivity contribution in [3.8, 4) is 0 Å². The second-order valence-electron chi connectivity index (χ2n) is 3.17. The third-order valence-corrected chi connectivity index (χ3v) is 2.63. The Bertz CT molecular complexity index is 502. The van der Waals surface area contributed by atoms with Crippen LogP contribution < -0.4 is 0 Å². The van der Waals surface area contributed by atoms with Crippen LogP contribution in [0.1, 0.15) is 5.69 Å². The maximum absolute atomic E-state index is 10.5. The van der Waals surface area contributed by atoms with Gasteiger partial charge in [0.25, 0.3) is 0 Å². The first kappa shape index (κ1) is 10.2. The van der Waals surface area contributed by atoms with E-state index >= 15 is 0 Å². The molecule has 2 rings (SSSR count). The predicted octanol–water partition coefficient (Wildman–Crippen LogP) is 1.39. The van der Waals surface area contributed by atoms with Crippen molar-refractivity contribution >= 4 is 22.0 Å². The van der Waals surface area contributed by atoms with E-state index in [2.05, 4.69) is 10.2 Å². The molecular formula is C10H10N2O2S. The zero-order chi connectivity index (χ0) is 10.7. The molecule has 1 aromatic heterocycles. The molecule has 0 bridgehead atoms. The van der Waals surface area contributed by atoms with Crippen molar-refractivity contribution in [1.82, 2.24) is 10.2 Å². The van der Waals surface area contributed by atoms with Crippen molar-refractivity contribution < 1.29 is 8.76 Å². The van der Waals surface area contributed by atoms with Gasteiger partial charge < -0.3 is 4.55 Å². The van der Waals surface area contributed by atoms with Crippen molar-refractivity contribution in [2.45, 2.75) is 6.42 Å². The molecule has 0 aliphatic carbocycles. The van der Waals surface area contributed by atoms with Crippen molar-refractivity contribution in [1.29, 1.82) is 0 Å². The molecule has 0 aliphatic heterocycles. The molecule has 1 unspecified atom stereocenters. The number of aryl methyl sites for hydroxylation is 1. The van der Waals surface area contributed by atoms with Gasteiger partial charge >= 0.3 is 0 Å². The molecule has 15 heavy (non-hydrogen) atoms. The first-order chi connectivity index (χ1) is 7.25. The topological polar surface area (TPSA) is 63.1 Å². The van der Waals surface area contributed by atoms with E-state index in [9.17, 15) is 4.21 Å². The second kappa shape index (κ2) is 4.46. The first-order valence-corrected chi connectivity index (χ1v) is 5.82. The van der Waals surface area contributed by atoms with Crippen molar-refractivity contribution in [2.75, 3.05) is 5.75 Å². The Hall–Kier alpha value is -1.33. The summed E-state index contributed by atoms with van der Waals surface area (Å²) in [4.78, 5) is 0. The molecule has 1 aromatic carbocycles. The molecule has 0 saturated heterocycles. The summed E-state index contributed by atoms with van der Waals surface area (Å²) in [5.74, 6) is 0.201. The molecule has 2 aromatic rings. The molecule has 1 atom stereocenters. The Kier molecular flexibility index (Phi) is 3.03. The summed E-state index contributed by atoms with van der Waals surface area (Å²) in [7, 11) is 0. The Morgan fingerprint density at radius 1 is 1.27 bits per heavy atom. The maximum Gasteiger partial charge on any atom is 0.153 e. The second-order valence-corrected chi connectivity index (χ2v) is 4.22. The number of hydrogen-bond donors (Lipinski definition) is 1. The molecule has 0 spiro atoms. The smallest absolute Gasteiger partial charge is 0.153 e. The molecule has 1 heterocycles. The zero-order valence-corrected chi connectivity index (χ0v) is 8.78. The van der Waals surface area contributed by atoms with E-state index in [4.69, 9.17) is 4.55 Å². The van der Waals surface area contributed by atoms with Crippen LogP contribution in [0.4, 0.5) is 0 Å². The SMILES string of the molecule is O=S(O)CCc1cc2ccccc2nn1. The van der Waals surface area contributed by atoms with Crippen LogP contribution in [-0.4, -0.2) is 24.7 Å².